The van der Waals surface area contributed by atoms with Gasteiger partial charge in [0.1, 0.15) is 0 Å². The van der Waals surface area contributed by atoms with Crippen LogP contribution in [0.4, 0.5) is 13.2 Å². The van der Waals surface area contributed by atoms with E-state index in [9.17, 15) is 13.2 Å². The van der Waals surface area contributed by atoms with Gasteiger partial charge in [-0.25, -0.2) is 4.98 Å². The third-order valence-electron chi connectivity index (χ3n) is 0.887. The SMILES string of the molecule is FC(F)(F)c1nnc(Cl)nc1Cl. The lowest BCUT2D eigenvalue weighted by atomic mass is 10.5. The smallest absolute Gasteiger partial charge is 0.202 e. The van der Waals surface area contributed by atoms with E-state index in [1.54, 1.807) is 0 Å². The van der Waals surface area contributed by atoms with Crippen LogP contribution in [0.15, 0.2) is 0 Å². The monoisotopic (exact) mass is 217 g/mol. The summed E-state index contributed by atoms with van der Waals surface area (Å²) in [5, 5.41) is 4.43. The molecule has 0 aliphatic rings. The van der Waals surface area contributed by atoms with Gasteiger partial charge in [0.2, 0.25) is 11.0 Å². The molecule has 0 saturated carbocycles. The van der Waals surface area contributed by atoms with Crippen molar-refractivity contribution < 1.29 is 13.2 Å². The van der Waals surface area contributed by atoms with Gasteiger partial charge in [0.05, 0.1) is 0 Å². The number of halogens is 5. The van der Waals surface area contributed by atoms with Gasteiger partial charge in [-0.1, -0.05) is 11.6 Å². The minimum absolute atomic E-state index is 0.423. The van der Waals surface area contributed by atoms with Crippen LogP contribution in [-0.2, 0) is 6.18 Å². The van der Waals surface area contributed by atoms with Gasteiger partial charge in [0, 0.05) is 0 Å². The van der Waals surface area contributed by atoms with E-state index in [0.29, 0.717) is 0 Å². The molecule has 0 atom stereocenters. The quantitative estimate of drug-likeness (QED) is 0.669. The van der Waals surface area contributed by atoms with Gasteiger partial charge < -0.3 is 0 Å². The largest absolute Gasteiger partial charge is 0.438 e. The zero-order chi connectivity index (χ0) is 9.35. The van der Waals surface area contributed by atoms with Crippen LogP contribution in [-0.4, -0.2) is 15.2 Å². The van der Waals surface area contributed by atoms with Crippen LogP contribution in [0.1, 0.15) is 5.69 Å². The molecule has 1 rings (SSSR count). The maximum absolute atomic E-state index is 11.9. The molecule has 8 heteroatoms. The highest BCUT2D eigenvalue weighted by atomic mass is 35.5. The summed E-state index contributed by atoms with van der Waals surface area (Å²) in [4.78, 5) is 3.08. The predicted octanol–water partition coefficient (Wildman–Crippen LogP) is 2.20. The van der Waals surface area contributed by atoms with Crippen LogP contribution < -0.4 is 0 Å². The van der Waals surface area contributed by atoms with Crippen molar-refractivity contribution in [3.05, 3.63) is 16.1 Å². The first-order chi connectivity index (χ1) is 5.41. The molecular weight excluding hydrogens is 218 g/mol. The van der Waals surface area contributed by atoms with Crippen LogP contribution in [0, 0.1) is 0 Å². The van der Waals surface area contributed by atoms with Crippen molar-refractivity contribution in [3.63, 3.8) is 0 Å². The van der Waals surface area contributed by atoms with E-state index in [2.05, 4.69) is 15.2 Å². The normalized spacial score (nSPS) is 11.8. The Bertz CT molecular complexity index is 300. The van der Waals surface area contributed by atoms with E-state index in [1.807, 2.05) is 0 Å². The zero-order valence-electron chi connectivity index (χ0n) is 5.23. The van der Waals surface area contributed by atoms with Gasteiger partial charge in [-0.05, 0) is 11.6 Å². The van der Waals surface area contributed by atoms with Crippen molar-refractivity contribution in [2.45, 2.75) is 6.18 Å². The summed E-state index contributed by atoms with van der Waals surface area (Å²) in [5.74, 6) is 0. The third-order valence-corrected chi connectivity index (χ3v) is 1.31. The number of hydrogen-bond donors (Lipinski definition) is 0. The highest BCUT2D eigenvalue weighted by Crippen LogP contribution is 2.31. The molecule has 0 bridgehead atoms. The first kappa shape index (κ1) is 9.47. The Morgan fingerprint density at radius 3 is 2.08 bits per heavy atom. The number of aromatic nitrogens is 3. The highest BCUT2D eigenvalue weighted by molar-refractivity contribution is 6.32. The van der Waals surface area contributed by atoms with Crippen molar-refractivity contribution in [2.24, 2.45) is 0 Å². The predicted molar refractivity (Wildman–Crippen MR) is 34.8 cm³/mol. The standard InChI is InChI=1S/C4Cl2F3N3/c5-2-1(4(7,8)9)11-12-3(6)10-2. The van der Waals surface area contributed by atoms with E-state index in [0.717, 1.165) is 0 Å². The van der Waals surface area contributed by atoms with E-state index in [4.69, 9.17) is 23.2 Å². The Kier molecular flexibility index (Phi) is 2.39. The fourth-order valence-corrected chi connectivity index (χ4v) is 0.853. The summed E-state index contributed by atoms with van der Waals surface area (Å²) in [5.41, 5.74) is -1.34. The van der Waals surface area contributed by atoms with E-state index in [1.165, 1.54) is 0 Å². The molecule has 1 heterocycles. The molecule has 0 radical (unpaired) electrons. The topological polar surface area (TPSA) is 38.7 Å². The van der Waals surface area contributed by atoms with Gasteiger partial charge in [-0.2, -0.15) is 13.2 Å². The molecule has 0 spiro atoms. The second-order valence-corrected chi connectivity index (χ2v) is 2.41. The average molecular weight is 218 g/mol. The summed E-state index contributed by atoms with van der Waals surface area (Å²) >= 11 is 10.2. The molecule has 0 fully saturated rings. The van der Waals surface area contributed by atoms with Crippen LogP contribution >= 0.6 is 23.2 Å². The number of nitrogens with zero attached hydrogens (tertiary/aromatic N) is 3. The van der Waals surface area contributed by atoms with Crippen LogP contribution in [0.5, 0.6) is 0 Å². The summed E-state index contributed by atoms with van der Waals surface area (Å²) < 4.78 is 35.7. The molecule has 3 nitrogen and oxygen atoms in total. The van der Waals surface area contributed by atoms with Gasteiger partial charge in [-0.15, -0.1) is 10.2 Å². The van der Waals surface area contributed by atoms with Gasteiger partial charge in [-0.3, -0.25) is 0 Å². The summed E-state index contributed by atoms with van der Waals surface area (Å²) in [6.45, 7) is 0. The molecule has 0 unspecified atom stereocenters. The number of alkyl halides is 3. The molecule has 0 aromatic carbocycles. The van der Waals surface area contributed by atoms with Gasteiger partial charge >= 0.3 is 6.18 Å². The Morgan fingerprint density at radius 1 is 1.08 bits per heavy atom. The minimum Gasteiger partial charge on any atom is -0.202 e. The Morgan fingerprint density at radius 2 is 1.67 bits per heavy atom. The first-order valence-electron chi connectivity index (χ1n) is 2.54. The molecule has 0 amide bonds. The minimum atomic E-state index is -4.65. The van der Waals surface area contributed by atoms with E-state index < -0.39 is 22.3 Å². The Labute approximate surface area is 74.5 Å². The van der Waals surface area contributed by atoms with Crippen molar-refractivity contribution >= 4 is 23.2 Å². The maximum atomic E-state index is 11.9. The number of hydrogen-bond acceptors (Lipinski definition) is 3. The maximum Gasteiger partial charge on any atom is 0.438 e. The molecule has 12 heavy (non-hydrogen) atoms. The van der Waals surface area contributed by atoms with Crippen molar-refractivity contribution in [2.75, 3.05) is 0 Å². The van der Waals surface area contributed by atoms with Gasteiger partial charge in [0.15, 0.2) is 5.15 Å². The highest BCUT2D eigenvalue weighted by Gasteiger charge is 2.36. The molecular formula is C4Cl2F3N3. The van der Waals surface area contributed by atoms with Gasteiger partial charge in [0.25, 0.3) is 0 Å². The van der Waals surface area contributed by atoms with Crippen LogP contribution in [0.3, 0.4) is 0 Å². The lowest BCUT2D eigenvalue weighted by Crippen LogP contribution is -2.11. The zero-order valence-corrected chi connectivity index (χ0v) is 6.74. The first-order valence-corrected chi connectivity index (χ1v) is 3.30. The Balaban J connectivity index is 3.19. The molecule has 0 aliphatic heterocycles. The van der Waals surface area contributed by atoms with Crippen molar-refractivity contribution in [1.29, 1.82) is 0 Å². The van der Waals surface area contributed by atoms with Crippen molar-refractivity contribution in [1.82, 2.24) is 15.2 Å². The summed E-state index contributed by atoms with van der Waals surface area (Å²) in [6.07, 6.45) is -4.65. The second kappa shape index (κ2) is 3.02. The lowest BCUT2D eigenvalue weighted by Gasteiger charge is -2.04. The Hall–Kier alpha value is -0.620. The molecule has 1 aromatic heterocycles. The average Bonchev–Trinajstić information content (AvgIpc) is 1.83. The fourth-order valence-electron chi connectivity index (χ4n) is 0.462. The number of rotatable bonds is 0. The van der Waals surface area contributed by atoms with E-state index >= 15 is 0 Å². The second-order valence-electron chi connectivity index (χ2n) is 1.72. The summed E-state index contributed by atoms with van der Waals surface area (Å²) in [6, 6.07) is 0. The lowest BCUT2D eigenvalue weighted by molar-refractivity contribution is -0.141. The summed E-state index contributed by atoms with van der Waals surface area (Å²) in [7, 11) is 0. The third kappa shape index (κ3) is 1.95. The molecule has 1 aromatic rings. The molecule has 0 aliphatic carbocycles. The van der Waals surface area contributed by atoms with E-state index in [-0.39, 0.29) is 0 Å². The van der Waals surface area contributed by atoms with Crippen molar-refractivity contribution in [3.8, 4) is 0 Å². The van der Waals surface area contributed by atoms with Crippen LogP contribution in [0.2, 0.25) is 10.4 Å². The van der Waals surface area contributed by atoms with Crippen LogP contribution in [0.25, 0.3) is 0 Å². The fraction of sp³-hybridized carbons (Fsp3) is 0.250. The molecule has 0 N–H and O–H groups in total. The molecule has 66 valence electrons. The molecule has 0 saturated heterocycles.